The largest absolute Gasteiger partial charge is 0.475 e. The Bertz CT molecular complexity index is 553. The number of rotatable bonds is 6. The molecule has 1 aromatic carbocycles. The molecule has 21 heavy (non-hydrogen) atoms. The first-order valence-electron chi connectivity index (χ1n) is 5.96. The normalized spacial score (nSPS) is 10.6. The zero-order valence-electron chi connectivity index (χ0n) is 11.9. The number of hydrogen-bond acceptors (Lipinski definition) is 6. The van der Waals surface area contributed by atoms with Gasteiger partial charge < -0.3 is 9.47 Å². The maximum Gasteiger partial charge on any atom is 0.475 e. The van der Waals surface area contributed by atoms with Crippen LogP contribution in [-0.2, 0) is 14.4 Å². The lowest BCUT2D eigenvalue weighted by atomic mass is 9.95. The van der Waals surface area contributed by atoms with Crippen molar-refractivity contribution in [3.8, 4) is 5.75 Å². The van der Waals surface area contributed by atoms with E-state index in [0.29, 0.717) is 0 Å². The van der Waals surface area contributed by atoms with E-state index < -0.39 is 29.0 Å². The van der Waals surface area contributed by atoms with Gasteiger partial charge in [-0.15, -0.1) is 0 Å². The fourth-order valence-electron chi connectivity index (χ4n) is 1.35. The Morgan fingerprint density at radius 2 is 1.90 bits per heavy atom. The maximum absolute atomic E-state index is 12.1. The van der Waals surface area contributed by atoms with Crippen LogP contribution in [0, 0.1) is 10.3 Å². The smallest absolute Gasteiger partial charge is 0.465 e. The summed E-state index contributed by atoms with van der Waals surface area (Å²) in [6, 6.07) is 6.07. The molecule has 0 spiro atoms. The molecule has 0 aliphatic carbocycles. The third-order valence-electron chi connectivity index (χ3n) is 2.58. The number of ether oxygens (including phenoxy) is 2. The second kappa shape index (κ2) is 6.69. The minimum absolute atomic E-state index is 0.0328. The Kier molecular flexibility index (Phi) is 5.23. The van der Waals surface area contributed by atoms with Crippen LogP contribution in [0.2, 0.25) is 0 Å². The van der Waals surface area contributed by atoms with Crippen LogP contribution in [0.3, 0.4) is 0 Å². The Balaban J connectivity index is 2.88. The molecule has 1 rings (SSSR count). The standard InChI is InChI=1S/C13H16NO7/c1-13(2,8-20-14(17)18)12(16)21-10-7-5-4-6-9(10)11(15)19-3/h4-7H,8H2,1-3H3,(H,17,18)/q+1. The number of hydrogen-bond donors (Lipinski definition) is 1. The van der Waals surface area contributed by atoms with Crippen molar-refractivity contribution in [3.63, 3.8) is 0 Å². The molecule has 0 saturated heterocycles. The number of para-hydroxylation sites is 1. The number of esters is 2. The summed E-state index contributed by atoms with van der Waals surface area (Å²) < 4.78 is 9.73. The summed E-state index contributed by atoms with van der Waals surface area (Å²) in [6.07, 6.45) is 0. The van der Waals surface area contributed by atoms with Crippen molar-refractivity contribution in [2.24, 2.45) is 5.41 Å². The third-order valence-corrected chi connectivity index (χ3v) is 2.58. The molecular weight excluding hydrogens is 282 g/mol. The predicted octanol–water partition coefficient (Wildman–Crippen LogP) is 1.50. The first kappa shape index (κ1) is 16.4. The summed E-state index contributed by atoms with van der Waals surface area (Å²) >= 11 is 0. The van der Waals surface area contributed by atoms with Gasteiger partial charge in [0.15, 0.2) is 6.61 Å². The summed E-state index contributed by atoms with van der Waals surface area (Å²) in [5.41, 5.74) is -1.12. The molecule has 1 N–H and O–H groups in total. The van der Waals surface area contributed by atoms with Gasteiger partial charge in [0.05, 0.1) is 7.11 Å². The average Bonchev–Trinajstić information content (AvgIpc) is 2.45. The Morgan fingerprint density at radius 1 is 1.29 bits per heavy atom. The fourth-order valence-corrected chi connectivity index (χ4v) is 1.35. The quantitative estimate of drug-likeness (QED) is 0.482. The molecule has 0 saturated carbocycles. The van der Waals surface area contributed by atoms with Crippen LogP contribution in [0.15, 0.2) is 24.3 Å². The second-order valence-corrected chi connectivity index (χ2v) is 4.77. The molecule has 0 atom stereocenters. The first-order valence-corrected chi connectivity index (χ1v) is 5.96. The Hall–Kier alpha value is -2.64. The van der Waals surface area contributed by atoms with Gasteiger partial charge in [0.1, 0.15) is 21.6 Å². The summed E-state index contributed by atoms with van der Waals surface area (Å²) in [4.78, 5) is 38.2. The van der Waals surface area contributed by atoms with Crippen molar-refractivity contribution in [1.82, 2.24) is 0 Å². The van der Waals surface area contributed by atoms with Gasteiger partial charge in [0, 0.05) is 0 Å². The highest BCUT2D eigenvalue weighted by atomic mass is 16.9. The molecule has 0 amide bonds. The average molecular weight is 298 g/mol. The predicted molar refractivity (Wildman–Crippen MR) is 68.6 cm³/mol. The van der Waals surface area contributed by atoms with E-state index in [4.69, 9.17) is 9.94 Å². The van der Waals surface area contributed by atoms with E-state index >= 15 is 0 Å². The van der Waals surface area contributed by atoms with Gasteiger partial charge in [0.2, 0.25) is 0 Å². The van der Waals surface area contributed by atoms with Gasteiger partial charge in [-0.1, -0.05) is 12.1 Å². The maximum atomic E-state index is 12.1. The van der Waals surface area contributed by atoms with Crippen LogP contribution < -0.4 is 4.74 Å². The molecule has 0 aliphatic heterocycles. The zero-order chi connectivity index (χ0) is 16.0. The minimum Gasteiger partial charge on any atom is -0.465 e. The monoisotopic (exact) mass is 298 g/mol. The second-order valence-electron chi connectivity index (χ2n) is 4.77. The number of nitrogens with zero attached hydrogens (tertiary/aromatic N) is 1. The lowest BCUT2D eigenvalue weighted by Crippen LogP contribution is -2.35. The van der Waals surface area contributed by atoms with Crippen LogP contribution in [0.4, 0.5) is 0 Å². The SMILES string of the molecule is COC(=O)c1ccccc1OC(=O)C(C)(C)CO[N+](=O)O. The topological polar surface area (TPSA) is 102 Å². The van der Waals surface area contributed by atoms with E-state index in [1.807, 2.05) is 0 Å². The third kappa shape index (κ3) is 4.44. The van der Waals surface area contributed by atoms with E-state index in [0.717, 1.165) is 0 Å². The van der Waals surface area contributed by atoms with Gasteiger partial charge in [-0.25, -0.2) is 10.0 Å². The lowest BCUT2D eigenvalue weighted by molar-refractivity contribution is -0.976. The first-order chi connectivity index (χ1) is 9.77. The van der Waals surface area contributed by atoms with E-state index in [2.05, 4.69) is 9.57 Å². The van der Waals surface area contributed by atoms with Gasteiger partial charge in [-0.3, -0.25) is 4.79 Å². The molecule has 0 aromatic heterocycles. The molecule has 1 aromatic rings. The number of methoxy groups -OCH3 is 1. The fraction of sp³-hybridized carbons (Fsp3) is 0.385. The summed E-state index contributed by atoms with van der Waals surface area (Å²) in [7, 11) is 1.21. The van der Waals surface area contributed by atoms with Crippen LogP contribution in [-0.4, -0.2) is 35.9 Å². The summed E-state index contributed by atoms with van der Waals surface area (Å²) in [5.74, 6) is -1.35. The molecule has 0 aliphatic rings. The minimum atomic E-state index is -1.21. The van der Waals surface area contributed by atoms with Crippen molar-refractivity contribution in [3.05, 3.63) is 34.7 Å². The van der Waals surface area contributed by atoms with Crippen LogP contribution >= 0.6 is 0 Å². The molecule has 0 fully saturated rings. The van der Waals surface area contributed by atoms with Crippen LogP contribution in [0.5, 0.6) is 5.75 Å². The Morgan fingerprint density at radius 3 is 2.48 bits per heavy atom. The van der Waals surface area contributed by atoms with Crippen molar-refractivity contribution < 1.29 is 34.2 Å². The number of carbonyl (C=O) groups excluding carboxylic acids is 2. The van der Waals surface area contributed by atoms with Crippen molar-refractivity contribution >= 4 is 11.9 Å². The van der Waals surface area contributed by atoms with Gasteiger partial charge >= 0.3 is 17.0 Å². The highest BCUT2D eigenvalue weighted by Crippen LogP contribution is 2.24. The molecule has 0 heterocycles. The van der Waals surface area contributed by atoms with E-state index in [1.54, 1.807) is 12.1 Å². The molecule has 0 radical (unpaired) electrons. The summed E-state index contributed by atoms with van der Waals surface area (Å²) in [6.45, 7) is 2.52. The zero-order valence-corrected chi connectivity index (χ0v) is 11.9. The van der Waals surface area contributed by atoms with Gasteiger partial charge in [-0.2, -0.15) is 4.84 Å². The van der Waals surface area contributed by atoms with Gasteiger partial charge in [-0.05, 0) is 26.0 Å². The number of benzene rings is 1. The van der Waals surface area contributed by atoms with Crippen molar-refractivity contribution in [1.29, 1.82) is 0 Å². The van der Waals surface area contributed by atoms with Crippen LogP contribution in [0.25, 0.3) is 0 Å². The molecule has 0 bridgehead atoms. The van der Waals surface area contributed by atoms with Crippen molar-refractivity contribution in [2.45, 2.75) is 13.8 Å². The Labute approximate surface area is 120 Å². The summed E-state index contributed by atoms with van der Waals surface area (Å²) in [5, 5.41) is 7.64. The molecule has 0 unspecified atom stereocenters. The number of carbonyl (C=O) groups is 2. The van der Waals surface area contributed by atoms with Crippen molar-refractivity contribution in [2.75, 3.05) is 13.7 Å². The van der Waals surface area contributed by atoms with Crippen LogP contribution in [0.1, 0.15) is 24.2 Å². The molecule has 8 heteroatoms. The van der Waals surface area contributed by atoms with E-state index in [9.17, 15) is 14.5 Å². The molecular formula is C13H16NO7+. The molecule has 8 nitrogen and oxygen atoms in total. The highest BCUT2D eigenvalue weighted by molar-refractivity contribution is 5.93. The highest BCUT2D eigenvalue weighted by Gasteiger charge is 2.35. The van der Waals surface area contributed by atoms with Gasteiger partial charge in [0.25, 0.3) is 0 Å². The molecule has 114 valence electrons. The lowest BCUT2D eigenvalue weighted by Gasteiger charge is -2.19. The van der Waals surface area contributed by atoms with E-state index in [-0.39, 0.29) is 11.3 Å². The van der Waals surface area contributed by atoms with E-state index in [1.165, 1.54) is 33.1 Å².